The Morgan fingerprint density at radius 3 is 2.50 bits per heavy atom. The second-order valence-electron chi connectivity index (χ2n) is 5.24. The van der Waals surface area contributed by atoms with Crippen LogP contribution in [0.15, 0.2) is 24.3 Å². The van der Waals surface area contributed by atoms with E-state index in [0.717, 1.165) is 21.8 Å². The Kier molecular flexibility index (Phi) is 4.32. The fourth-order valence-corrected chi connectivity index (χ4v) is 3.76. The molecule has 0 saturated heterocycles. The molecule has 0 bridgehead atoms. The van der Waals surface area contributed by atoms with Crippen molar-refractivity contribution in [2.24, 2.45) is 0 Å². The van der Waals surface area contributed by atoms with Crippen LogP contribution in [0.2, 0.25) is 5.15 Å². The molecule has 1 aromatic heterocycles. The topological polar surface area (TPSA) is 37.8 Å². The van der Waals surface area contributed by atoms with Crippen LogP contribution >= 0.6 is 23.4 Å². The zero-order chi connectivity index (χ0) is 13.9. The molecular formula is C15H18ClN3S. The number of nitrogens with one attached hydrogen (secondary N) is 1. The van der Waals surface area contributed by atoms with Gasteiger partial charge in [-0.1, -0.05) is 35.9 Å². The van der Waals surface area contributed by atoms with Crippen molar-refractivity contribution in [1.29, 1.82) is 0 Å². The normalized spacial score (nSPS) is 22.9. The smallest absolute Gasteiger partial charge is 0.159 e. The molecule has 0 amide bonds. The molecule has 0 aliphatic heterocycles. The van der Waals surface area contributed by atoms with Crippen molar-refractivity contribution in [3.05, 3.63) is 29.4 Å². The van der Waals surface area contributed by atoms with Gasteiger partial charge in [-0.2, -0.15) is 11.8 Å². The first kappa shape index (κ1) is 14.0. The van der Waals surface area contributed by atoms with Crippen LogP contribution in [0.5, 0.6) is 0 Å². The molecule has 20 heavy (non-hydrogen) atoms. The molecule has 106 valence electrons. The molecule has 1 aliphatic carbocycles. The number of halogens is 1. The summed E-state index contributed by atoms with van der Waals surface area (Å²) in [6, 6.07) is 8.52. The van der Waals surface area contributed by atoms with Gasteiger partial charge in [0.1, 0.15) is 0 Å². The maximum Gasteiger partial charge on any atom is 0.159 e. The van der Waals surface area contributed by atoms with E-state index < -0.39 is 0 Å². The van der Waals surface area contributed by atoms with E-state index in [4.69, 9.17) is 11.6 Å². The number of rotatable bonds is 3. The summed E-state index contributed by atoms with van der Waals surface area (Å²) >= 11 is 8.09. The highest BCUT2D eigenvalue weighted by atomic mass is 35.5. The standard InChI is InChI=1S/C15H18ClN3S/c1-20-11-8-6-10(7-9-11)17-15-13-5-3-2-4-12(13)14(16)18-19-15/h2-5,10-11H,6-9H2,1H3,(H,17,19). The van der Waals surface area contributed by atoms with Gasteiger partial charge >= 0.3 is 0 Å². The van der Waals surface area contributed by atoms with Crippen LogP contribution < -0.4 is 5.32 Å². The average molecular weight is 308 g/mol. The van der Waals surface area contributed by atoms with Gasteiger partial charge in [0.05, 0.1) is 0 Å². The largest absolute Gasteiger partial charge is 0.365 e. The molecule has 1 saturated carbocycles. The molecule has 5 heteroatoms. The Labute approximate surface area is 128 Å². The fraction of sp³-hybridized carbons (Fsp3) is 0.467. The van der Waals surface area contributed by atoms with Gasteiger partial charge in [-0.15, -0.1) is 10.2 Å². The molecule has 3 nitrogen and oxygen atoms in total. The van der Waals surface area contributed by atoms with Crippen LogP contribution in [0.1, 0.15) is 25.7 Å². The number of benzene rings is 1. The zero-order valence-electron chi connectivity index (χ0n) is 11.5. The highest BCUT2D eigenvalue weighted by Crippen LogP contribution is 2.31. The van der Waals surface area contributed by atoms with E-state index in [9.17, 15) is 0 Å². The highest BCUT2D eigenvalue weighted by Gasteiger charge is 2.21. The van der Waals surface area contributed by atoms with E-state index in [1.54, 1.807) is 0 Å². The number of hydrogen-bond acceptors (Lipinski definition) is 4. The molecule has 1 aromatic carbocycles. The van der Waals surface area contributed by atoms with Crippen molar-refractivity contribution in [1.82, 2.24) is 10.2 Å². The number of aromatic nitrogens is 2. The van der Waals surface area contributed by atoms with Crippen LogP contribution in [0.3, 0.4) is 0 Å². The van der Waals surface area contributed by atoms with Crippen LogP contribution in [0.4, 0.5) is 5.82 Å². The van der Waals surface area contributed by atoms with Gasteiger partial charge in [0.2, 0.25) is 0 Å². The second kappa shape index (κ2) is 6.19. The van der Waals surface area contributed by atoms with E-state index in [2.05, 4.69) is 21.8 Å². The van der Waals surface area contributed by atoms with Crippen molar-refractivity contribution >= 4 is 40.0 Å². The van der Waals surface area contributed by atoms with Crippen LogP contribution in [0, 0.1) is 0 Å². The summed E-state index contributed by atoms with van der Waals surface area (Å²) in [5.74, 6) is 0.859. The lowest BCUT2D eigenvalue weighted by Crippen LogP contribution is -2.27. The molecule has 1 aliphatic rings. The fourth-order valence-electron chi connectivity index (χ4n) is 2.81. The number of nitrogens with zero attached hydrogens (tertiary/aromatic N) is 2. The number of thioether (sulfide) groups is 1. The summed E-state index contributed by atoms with van der Waals surface area (Å²) in [5, 5.41) is 15.2. The Morgan fingerprint density at radius 1 is 1.10 bits per heavy atom. The monoisotopic (exact) mass is 307 g/mol. The van der Waals surface area contributed by atoms with E-state index >= 15 is 0 Å². The first-order valence-corrected chi connectivity index (χ1v) is 8.65. The minimum atomic E-state index is 0.470. The van der Waals surface area contributed by atoms with Crippen LogP contribution in [0.25, 0.3) is 10.8 Å². The summed E-state index contributed by atoms with van der Waals surface area (Å²) in [6.07, 6.45) is 7.15. The Bertz CT molecular complexity index is 597. The van der Waals surface area contributed by atoms with Gasteiger partial charge in [0.25, 0.3) is 0 Å². The van der Waals surface area contributed by atoms with Crippen molar-refractivity contribution in [2.45, 2.75) is 37.0 Å². The maximum absolute atomic E-state index is 6.11. The molecule has 0 spiro atoms. The number of anilines is 1. The lowest BCUT2D eigenvalue weighted by atomic mass is 9.95. The third-order valence-electron chi connectivity index (χ3n) is 3.99. The average Bonchev–Trinajstić information content (AvgIpc) is 2.51. The summed E-state index contributed by atoms with van der Waals surface area (Å²) in [6.45, 7) is 0. The molecule has 0 radical (unpaired) electrons. The predicted molar refractivity (Wildman–Crippen MR) is 87.7 cm³/mol. The minimum absolute atomic E-state index is 0.470. The number of fused-ring (bicyclic) bond motifs is 1. The molecule has 3 rings (SSSR count). The molecule has 0 unspecified atom stereocenters. The van der Waals surface area contributed by atoms with E-state index in [1.807, 2.05) is 36.0 Å². The Morgan fingerprint density at radius 2 is 1.80 bits per heavy atom. The lowest BCUT2D eigenvalue weighted by Gasteiger charge is -2.28. The zero-order valence-corrected chi connectivity index (χ0v) is 13.0. The van der Waals surface area contributed by atoms with Crippen molar-refractivity contribution < 1.29 is 0 Å². The van der Waals surface area contributed by atoms with Crippen molar-refractivity contribution in [3.8, 4) is 0 Å². The molecule has 2 aromatic rings. The van der Waals surface area contributed by atoms with Gasteiger partial charge in [-0.25, -0.2) is 0 Å². The summed E-state index contributed by atoms with van der Waals surface area (Å²) in [7, 11) is 0. The maximum atomic E-state index is 6.11. The van der Waals surface area contributed by atoms with E-state index in [-0.39, 0.29) is 0 Å². The summed E-state index contributed by atoms with van der Waals surface area (Å²) < 4.78 is 0. The summed E-state index contributed by atoms with van der Waals surface area (Å²) in [5.41, 5.74) is 0. The predicted octanol–water partition coefficient (Wildman–Crippen LogP) is 4.37. The second-order valence-corrected chi connectivity index (χ2v) is 6.73. The molecule has 1 fully saturated rings. The van der Waals surface area contributed by atoms with E-state index in [1.165, 1.54) is 25.7 Å². The first-order chi connectivity index (χ1) is 9.78. The van der Waals surface area contributed by atoms with Gasteiger partial charge < -0.3 is 5.32 Å². The third-order valence-corrected chi connectivity index (χ3v) is 5.41. The van der Waals surface area contributed by atoms with Gasteiger partial charge in [0, 0.05) is 22.1 Å². The SMILES string of the molecule is CSC1CCC(Nc2nnc(Cl)c3ccccc23)CC1. The van der Waals surface area contributed by atoms with Crippen molar-refractivity contribution in [2.75, 3.05) is 11.6 Å². The Balaban J connectivity index is 1.80. The lowest BCUT2D eigenvalue weighted by molar-refractivity contribution is 0.472. The number of hydrogen-bond donors (Lipinski definition) is 1. The minimum Gasteiger partial charge on any atom is -0.365 e. The summed E-state index contributed by atoms with van der Waals surface area (Å²) in [4.78, 5) is 0. The molecule has 1 N–H and O–H groups in total. The van der Waals surface area contributed by atoms with Gasteiger partial charge in [-0.3, -0.25) is 0 Å². The first-order valence-electron chi connectivity index (χ1n) is 6.98. The van der Waals surface area contributed by atoms with Crippen LogP contribution in [-0.4, -0.2) is 27.7 Å². The molecule has 0 atom stereocenters. The quantitative estimate of drug-likeness (QED) is 0.913. The van der Waals surface area contributed by atoms with Crippen molar-refractivity contribution in [3.63, 3.8) is 0 Å². The highest BCUT2D eigenvalue weighted by molar-refractivity contribution is 7.99. The van der Waals surface area contributed by atoms with Crippen LogP contribution in [-0.2, 0) is 0 Å². The molecular weight excluding hydrogens is 290 g/mol. The Hall–Kier alpha value is -1.00. The molecule has 1 heterocycles. The van der Waals surface area contributed by atoms with Gasteiger partial charge in [-0.05, 0) is 31.9 Å². The van der Waals surface area contributed by atoms with E-state index in [0.29, 0.717) is 11.2 Å². The third kappa shape index (κ3) is 2.86. The van der Waals surface area contributed by atoms with Gasteiger partial charge in [0.15, 0.2) is 11.0 Å².